The summed E-state index contributed by atoms with van der Waals surface area (Å²) in [4.78, 5) is 0. The Bertz CT molecular complexity index is 518. The molecular formula is C23H38O2. The monoisotopic (exact) mass is 346 g/mol. The minimum Gasteiger partial charge on any atom is -0.393 e. The lowest BCUT2D eigenvalue weighted by Gasteiger charge is -2.62. The molecule has 0 aliphatic heterocycles. The van der Waals surface area contributed by atoms with Crippen LogP contribution in [0.2, 0.25) is 0 Å². The van der Waals surface area contributed by atoms with Crippen LogP contribution in [-0.2, 0) is 4.74 Å². The third-order valence-electron chi connectivity index (χ3n) is 10.3. The Morgan fingerprint density at radius 3 is 2.52 bits per heavy atom. The van der Waals surface area contributed by atoms with Gasteiger partial charge in [-0.15, -0.1) is 0 Å². The SMILES string of the molecule is CO[C@@H]1CCC[C@@]23CC[C@H]4[C@@H](CC[C@H]5C[C@H](O)CC[C@@]54C)[C@@H]2CC[C@H]13. The normalized spacial score (nSPS) is 58.0. The van der Waals surface area contributed by atoms with Gasteiger partial charge in [0.1, 0.15) is 0 Å². The van der Waals surface area contributed by atoms with Gasteiger partial charge in [0.05, 0.1) is 12.2 Å². The molecule has 0 saturated heterocycles. The standard InChI is InChI=1S/C23H38O2/c1-22-12-9-16(24)14-15(22)5-6-17-18(22)10-13-23-11-3-4-21(25-2)20(23)8-7-19(17)23/h15-21,24H,3-14H2,1-2H3/t15-,16+,17+,18-,19-,20+,21+,22-,23+/m0/s1. The molecule has 1 N–H and O–H groups in total. The van der Waals surface area contributed by atoms with Crippen LogP contribution >= 0.6 is 0 Å². The summed E-state index contributed by atoms with van der Waals surface area (Å²) < 4.78 is 5.97. The highest BCUT2D eigenvalue weighted by Gasteiger charge is 2.63. The first-order valence-corrected chi connectivity index (χ1v) is 11.3. The molecule has 5 saturated carbocycles. The third kappa shape index (κ3) is 2.29. The smallest absolute Gasteiger partial charge is 0.0604 e. The number of aliphatic hydroxyl groups is 1. The lowest BCUT2D eigenvalue weighted by Crippen LogP contribution is -2.56. The van der Waals surface area contributed by atoms with Crippen molar-refractivity contribution in [2.45, 2.75) is 96.2 Å². The quantitative estimate of drug-likeness (QED) is 0.708. The van der Waals surface area contributed by atoms with E-state index in [4.69, 9.17) is 4.74 Å². The van der Waals surface area contributed by atoms with Crippen LogP contribution in [0.1, 0.15) is 84.0 Å². The lowest BCUT2D eigenvalue weighted by atomic mass is 9.43. The van der Waals surface area contributed by atoms with Crippen LogP contribution in [-0.4, -0.2) is 24.4 Å². The van der Waals surface area contributed by atoms with E-state index in [2.05, 4.69) is 6.92 Å². The van der Waals surface area contributed by atoms with Gasteiger partial charge in [-0.2, -0.15) is 0 Å². The van der Waals surface area contributed by atoms with E-state index in [1.54, 1.807) is 0 Å². The van der Waals surface area contributed by atoms with Crippen LogP contribution in [0, 0.1) is 40.4 Å². The predicted octanol–water partition coefficient (Wildman–Crippen LogP) is 5.19. The van der Waals surface area contributed by atoms with E-state index in [0.717, 1.165) is 42.4 Å². The number of ether oxygens (including phenoxy) is 1. The number of aliphatic hydroxyl groups excluding tert-OH is 1. The van der Waals surface area contributed by atoms with Gasteiger partial charge in [-0.1, -0.05) is 13.3 Å². The fourth-order valence-electron chi connectivity index (χ4n) is 9.25. The molecule has 5 aliphatic carbocycles. The highest BCUT2D eigenvalue weighted by atomic mass is 16.5. The zero-order chi connectivity index (χ0) is 17.2. The van der Waals surface area contributed by atoms with Crippen molar-refractivity contribution in [3.63, 3.8) is 0 Å². The van der Waals surface area contributed by atoms with Gasteiger partial charge in [-0.05, 0) is 111 Å². The second kappa shape index (κ2) is 5.96. The zero-order valence-electron chi connectivity index (χ0n) is 16.4. The first kappa shape index (κ1) is 17.0. The molecule has 142 valence electrons. The van der Waals surface area contributed by atoms with Crippen molar-refractivity contribution in [1.82, 2.24) is 0 Å². The molecule has 1 spiro atoms. The summed E-state index contributed by atoms with van der Waals surface area (Å²) in [5, 5.41) is 10.2. The van der Waals surface area contributed by atoms with Gasteiger partial charge in [-0.25, -0.2) is 0 Å². The molecule has 5 aliphatic rings. The number of rotatable bonds is 1. The van der Waals surface area contributed by atoms with Crippen molar-refractivity contribution in [1.29, 1.82) is 0 Å². The van der Waals surface area contributed by atoms with Gasteiger partial charge in [0.2, 0.25) is 0 Å². The Morgan fingerprint density at radius 1 is 0.840 bits per heavy atom. The van der Waals surface area contributed by atoms with Crippen molar-refractivity contribution in [2.75, 3.05) is 7.11 Å². The Balaban J connectivity index is 1.44. The van der Waals surface area contributed by atoms with E-state index in [1.807, 2.05) is 7.11 Å². The maximum Gasteiger partial charge on any atom is 0.0604 e. The number of hydrogen-bond acceptors (Lipinski definition) is 2. The van der Waals surface area contributed by atoms with E-state index in [9.17, 15) is 5.11 Å². The van der Waals surface area contributed by atoms with Crippen LogP contribution in [0.25, 0.3) is 0 Å². The Labute approximate surface area is 154 Å². The van der Waals surface area contributed by atoms with Crippen molar-refractivity contribution < 1.29 is 9.84 Å². The van der Waals surface area contributed by atoms with Crippen LogP contribution < -0.4 is 0 Å². The highest BCUT2D eigenvalue weighted by Crippen LogP contribution is 2.70. The molecule has 0 heterocycles. The molecule has 0 radical (unpaired) electrons. The summed E-state index contributed by atoms with van der Waals surface area (Å²) in [6, 6.07) is 0. The van der Waals surface area contributed by atoms with Crippen molar-refractivity contribution in [3.8, 4) is 0 Å². The fraction of sp³-hybridized carbons (Fsp3) is 1.00. The molecule has 0 bridgehead atoms. The molecule has 25 heavy (non-hydrogen) atoms. The summed E-state index contributed by atoms with van der Waals surface area (Å²) in [5.41, 5.74) is 1.16. The van der Waals surface area contributed by atoms with Crippen molar-refractivity contribution in [3.05, 3.63) is 0 Å². The third-order valence-corrected chi connectivity index (χ3v) is 10.3. The average molecular weight is 347 g/mol. The average Bonchev–Trinajstić information content (AvgIpc) is 3.02. The van der Waals surface area contributed by atoms with E-state index in [0.29, 0.717) is 16.9 Å². The summed E-state index contributed by atoms with van der Waals surface area (Å²) >= 11 is 0. The van der Waals surface area contributed by atoms with E-state index in [-0.39, 0.29) is 6.10 Å². The van der Waals surface area contributed by atoms with E-state index in [1.165, 1.54) is 64.2 Å². The zero-order valence-corrected chi connectivity index (χ0v) is 16.4. The number of hydrogen-bond donors (Lipinski definition) is 1. The van der Waals surface area contributed by atoms with Gasteiger partial charge in [0.15, 0.2) is 0 Å². The molecule has 0 amide bonds. The first-order chi connectivity index (χ1) is 12.1. The fourth-order valence-corrected chi connectivity index (χ4v) is 9.25. The largest absolute Gasteiger partial charge is 0.393 e. The second-order valence-electron chi connectivity index (χ2n) is 10.7. The molecule has 9 atom stereocenters. The predicted molar refractivity (Wildman–Crippen MR) is 100 cm³/mol. The molecule has 5 rings (SSSR count). The van der Waals surface area contributed by atoms with Gasteiger partial charge in [-0.3, -0.25) is 0 Å². The van der Waals surface area contributed by atoms with Gasteiger partial charge in [0, 0.05) is 7.11 Å². The Kier molecular flexibility index (Phi) is 4.06. The summed E-state index contributed by atoms with van der Waals surface area (Å²) in [6.45, 7) is 2.61. The molecular weight excluding hydrogens is 308 g/mol. The minimum absolute atomic E-state index is 0.0128. The van der Waals surface area contributed by atoms with Crippen LogP contribution in [0.3, 0.4) is 0 Å². The van der Waals surface area contributed by atoms with Gasteiger partial charge < -0.3 is 9.84 Å². The minimum atomic E-state index is -0.0128. The summed E-state index contributed by atoms with van der Waals surface area (Å²) in [6.07, 6.45) is 16.9. The van der Waals surface area contributed by atoms with E-state index < -0.39 is 0 Å². The van der Waals surface area contributed by atoms with E-state index >= 15 is 0 Å². The Morgan fingerprint density at radius 2 is 1.68 bits per heavy atom. The van der Waals surface area contributed by atoms with Crippen LogP contribution in [0.15, 0.2) is 0 Å². The van der Waals surface area contributed by atoms with Crippen molar-refractivity contribution >= 4 is 0 Å². The topological polar surface area (TPSA) is 29.5 Å². The molecule has 2 nitrogen and oxygen atoms in total. The maximum absolute atomic E-state index is 10.2. The molecule has 0 aromatic heterocycles. The molecule has 2 heteroatoms. The molecule has 0 unspecified atom stereocenters. The maximum atomic E-state index is 10.2. The summed E-state index contributed by atoms with van der Waals surface area (Å²) in [5.74, 6) is 4.55. The number of fused-ring (bicyclic) bond motifs is 4. The summed E-state index contributed by atoms with van der Waals surface area (Å²) in [7, 11) is 1.96. The van der Waals surface area contributed by atoms with Crippen LogP contribution in [0.5, 0.6) is 0 Å². The molecule has 0 aromatic rings. The Hall–Kier alpha value is -0.0800. The molecule has 0 aromatic carbocycles. The van der Waals surface area contributed by atoms with Crippen LogP contribution in [0.4, 0.5) is 0 Å². The number of methoxy groups -OCH3 is 1. The second-order valence-corrected chi connectivity index (χ2v) is 10.7. The first-order valence-electron chi connectivity index (χ1n) is 11.3. The molecule has 5 fully saturated rings. The highest BCUT2D eigenvalue weighted by molar-refractivity contribution is 5.12. The van der Waals surface area contributed by atoms with Crippen molar-refractivity contribution in [2.24, 2.45) is 40.4 Å². The lowest BCUT2D eigenvalue weighted by molar-refractivity contribution is -0.150. The van der Waals surface area contributed by atoms with Gasteiger partial charge in [0.25, 0.3) is 0 Å². The van der Waals surface area contributed by atoms with Gasteiger partial charge >= 0.3 is 0 Å².